The van der Waals surface area contributed by atoms with Crippen LogP contribution in [0.2, 0.25) is 4.34 Å². The summed E-state index contributed by atoms with van der Waals surface area (Å²) in [6, 6.07) is 17.2. The van der Waals surface area contributed by atoms with E-state index in [9.17, 15) is 9.90 Å². The summed E-state index contributed by atoms with van der Waals surface area (Å²) in [5, 5.41) is 18.5. The number of halogens is 1. The number of aromatic hydroxyl groups is 1. The molecule has 2 aromatic heterocycles. The zero-order valence-electron chi connectivity index (χ0n) is 17.1. The van der Waals surface area contributed by atoms with Gasteiger partial charge in [0.15, 0.2) is 5.88 Å². The number of hydrogen-bond donors (Lipinski definition) is 3. The minimum absolute atomic E-state index is 0.169. The third-order valence-corrected chi connectivity index (χ3v) is 6.64. The van der Waals surface area contributed by atoms with Crippen LogP contribution < -0.4 is 10.6 Å². The van der Waals surface area contributed by atoms with E-state index in [1.54, 1.807) is 16.7 Å². The van der Waals surface area contributed by atoms with E-state index in [1.165, 1.54) is 16.9 Å². The number of benzene rings is 2. The van der Waals surface area contributed by atoms with Crippen molar-refractivity contribution in [2.45, 2.75) is 13.0 Å². The zero-order chi connectivity index (χ0) is 22.1. The van der Waals surface area contributed by atoms with E-state index in [-0.39, 0.29) is 11.8 Å². The molecule has 0 saturated carbocycles. The van der Waals surface area contributed by atoms with Gasteiger partial charge in [-0.3, -0.25) is 9.79 Å². The summed E-state index contributed by atoms with van der Waals surface area (Å²) in [5.41, 5.74) is 2.90. The lowest BCUT2D eigenvalue weighted by Gasteiger charge is -2.08. The first-order valence-electron chi connectivity index (χ1n) is 10.3. The molecule has 0 fully saturated rings. The lowest BCUT2D eigenvalue weighted by Crippen LogP contribution is -2.20. The summed E-state index contributed by atoms with van der Waals surface area (Å²) in [6.07, 6.45) is 2.65. The number of anilines is 1. The van der Waals surface area contributed by atoms with Crippen molar-refractivity contribution in [3.8, 4) is 5.88 Å². The topological polar surface area (TPSA) is 78.7 Å². The average Bonchev–Trinajstić information content (AvgIpc) is 3.51. The summed E-state index contributed by atoms with van der Waals surface area (Å²) in [5.74, 6) is 0.962. The van der Waals surface area contributed by atoms with Crippen LogP contribution in [0.1, 0.15) is 20.8 Å². The van der Waals surface area contributed by atoms with E-state index in [0.717, 1.165) is 36.3 Å². The van der Waals surface area contributed by atoms with Gasteiger partial charge in [0.2, 0.25) is 0 Å². The first kappa shape index (κ1) is 20.6. The van der Waals surface area contributed by atoms with Gasteiger partial charge in [-0.1, -0.05) is 41.9 Å². The molecule has 0 aliphatic carbocycles. The quantitative estimate of drug-likeness (QED) is 0.379. The fourth-order valence-electron chi connectivity index (χ4n) is 3.91. The van der Waals surface area contributed by atoms with Crippen LogP contribution in [-0.2, 0) is 13.0 Å². The van der Waals surface area contributed by atoms with Crippen molar-refractivity contribution in [3.05, 3.63) is 81.1 Å². The molecule has 162 valence electrons. The SMILES string of the molecule is O=C(Nc1cccc2c(O)n(Cc3cccc(CC4=NCCN4)c3)cc12)c1ccc(Cl)s1. The fraction of sp³-hybridized carbons (Fsp3) is 0.167. The Morgan fingerprint density at radius 3 is 2.78 bits per heavy atom. The van der Waals surface area contributed by atoms with E-state index in [0.29, 0.717) is 26.8 Å². The summed E-state index contributed by atoms with van der Waals surface area (Å²) < 4.78 is 2.36. The minimum atomic E-state index is -0.224. The Balaban J connectivity index is 1.40. The number of thiophene rings is 1. The Bertz CT molecular complexity index is 1340. The van der Waals surface area contributed by atoms with E-state index < -0.39 is 0 Å². The van der Waals surface area contributed by atoms with Crippen LogP contribution in [0.25, 0.3) is 10.8 Å². The molecule has 0 spiro atoms. The third-order valence-electron chi connectivity index (χ3n) is 5.41. The highest BCUT2D eigenvalue weighted by atomic mass is 35.5. The maximum Gasteiger partial charge on any atom is 0.265 e. The van der Waals surface area contributed by atoms with Crippen molar-refractivity contribution in [1.29, 1.82) is 0 Å². The van der Waals surface area contributed by atoms with Crippen molar-refractivity contribution < 1.29 is 9.90 Å². The second kappa shape index (κ2) is 8.68. The first-order valence-corrected chi connectivity index (χ1v) is 11.5. The predicted molar refractivity (Wildman–Crippen MR) is 130 cm³/mol. The molecule has 5 rings (SSSR count). The van der Waals surface area contributed by atoms with Crippen molar-refractivity contribution in [2.75, 3.05) is 18.4 Å². The van der Waals surface area contributed by atoms with E-state index >= 15 is 0 Å². The highest BCUT2D eigenvalue weighted by Crippen LogP contribution is 2.33. The molecule has 8 heteroatoms. The lowest BCUT2D eigenvalue weighted by atomic mass is 10.1. The van der Waals surface area contributed by atoms with Gasteiger partial charge in [0.1, 0.15) is 5.84 Å². The number of aromatic nitrogens is 1. The molecule has 0 saturated heterocycles. The number of amidine groups is 1. The standard InChI is InChI=1S/C24H21ClN4O2S/c25-21-8-7-20(32-21)23(30)28-19-6-2-5-17-18(19)14-29(24(17)31)13-16-4-1-3-15(11-16)12-22-26-9-10-27-22/h1-8,11,14,31H,9-10,12-13H2,(H,26,27)(H,28,30). The molecule has 2 aromatic carbocycles. The van der Waals surface area contributed by atoms with Gasteiger partial charge in [-0.2, -0.15) is 0 Å². The molecule has 3 N–H and O–H groups in total. The molecular weight excluding hydrogens is 444 g/mol. The number of fused-ring (bicyclic) bond motifs is 1. The maximum atomic E-state index is 12.6. The average molecular weight is 465 g/mol. The van der Waals surface area contributed by atoms with Crippen molar-refractivity contribution in [2.24, 2.45) is 4.99 Å². The van der Waals surface area contributed by atoms with Crippen molar-refractivity contribution in [3.63, 3.8) is 0 Å². The van der Waals surface area contributed by atoms with Crippen LogP contribution in [0.3, 0.4) is 0 Å². The number of rotatable bonds is 6. The van der Waals surface area contributed by atoms with E-state index in [4.69, 9.17) is 11.6 Å². The molecule has 1 aliphatic heterocycles. The number of nitrogens with one attached hydrogen (secondary N) is 2. The predicted octanol–water partition coefficient (Wildman–Crippen LogP) is 4.91. The monoisotopic (exact) mass is 464 g/mol. The largest absolute Gasteiger partial charge is 0.494 e. The smallest absolute Gasteiger partial charge is 0.265 e. The molecule has 32 heavy (non-hydrogen) atoms. The second-order valence-corrected chi connectivity index (χ2v) is 9.37. The molecule has 0 bridgehead atoms. The lowest BCUT2D eigenvalue weighted by molar-refractivity contribution is 0.103. The number of hydrogen-bond acceptors (Lipinski definition) is 5. The zero-order valence-corrected chi connectivity index (χ0v) is 18.7. The normalized spacial score (nSPS) is 13.2. The number of carbonyl (C=O) groups excluding carboxylic acids is 1. The van der Waals surface area contributed by atoms with Crippen LogP contribution in [-0.4, -0.2) is 34.5 Å². The fourth-order valence-corrected chi connectivity index (χ4v) is 4.85. The Kier molecular flexibility index (Phi) is 5.59. The van der Waals surface area contributed by atoms with Crippen LogP contribution in [0.4, 0.5) is 5.69 Å². The van der Waals surface area contributed by atoms with Crippen LogP contribution >= 0.6 is 22.9 Å². The minimum Gasteiger partial charge on any atom is -0.494 e. The summed E-state index contributed by atoms with van der Waals surface area (Å²) >= 11 is 7.18. The summed E-state index contributed by atoms with van der Waals surface area (Å²) in [4.78, 5) is 17.6. The Morgan fingerprint density at radius 2 is 2.00 bits per heavy atom. The molecule has 6 nitrogen and oxygen atoms in total. The van der Waals surface area contributed by atoms with Gasteiger partial charge in [0.25, 0.3) is 5.91 Å². The highest BCUT2D eigenvalue weighted by Gasteiger charge is 2.15. The molecule has 1 aliphatic rings. The van der Waals surface area contributed by atoms with Gasteiger partial charge < -0.3 is 20.3 Å². The molecule has 0 unspecified atom stereocenters. The van der Waals surface area contributed by atoms with Gasteiger partial charge in [-0.05, 0) is 35.4 Å². The van der Waals surface area contributed by atoms with E-state index in [1.807, 2.05) is 36.5 Å². The van der Waals surface area contributed by atoms with Gasteiger partial charge in [-0.15, -0.1) is 11.3 Å². The number of carbonyl (C=O) groups is 1. The molecule has 0 atom stereocenters. The molecule has 0 radical (unpaired) electrons. The van der Waals surface area contributed by atoms with Gasteiger partial charge in [0.05, 0.1) is 28.0 Å². The number of aliphatic imine (C=N–C) groups is 1. The molecular formula is C24H21ClN4O2S. The van der Waals surface area contributed by atoms with Crippen LogP contribution in [0, 0.1) is 0 Å². The van der Waals surface area contributed by atoms with Crippen LogP contribution in [0.5, 0.6) is 5.88 Å². The van der Waals surface area contributed by atoms with Gasteiger partial charge in [0, 0.05) is 29.9 Å². The summed E-state index contributed by atoms with van der Waals surface area (Å²) in [6.45, 7) is 2.25. The maximum absolute atomic E-state index is 12.6. The first-order chi connectivity index (χ1) is 15.6. The van der Waals surface area contributed by atoms with Crippen LogP contribution in [0.15, 0.2) is 65.8 Å². The number of nitrogens with zero attached hydrogens (tertiary/aromatic N) is 2. The van der Waals surface area contributed by atoms with Gasteiger partial charge in [-0.25, -0.2) is 0 Å². The summed E-state index contributed by atoms with van der Waals surface area (Å²) in [7, 11) is 0. The Morgan fingerprint density at radius 1 is 1.16 bits per heavy atom. The number of amides is 1. The third kappa shape index (κ3) is 4.22. The van der Waals surface area contributed by atoms with Crippen molar-refractivity contribution >= 4 is 51.1 Å². The Hall–Kier alpha value is -3.29. The Labute approximate surface area is 194 Å². The highest BCUT2D eigenvalue weighted by molar-refractivity contribution is 7.18. The second-order valence-electron chi connectivity index (χ2n) is 7.66. The van der Waals surface area contributed by atoms with Crippen molar-refractivity contribution in [1.82, 2.24) is 9.88 Å². The van der Waals surface area contributed by atoms with E-state index in [2.05, 4.69) is 27.8 Å². The molecule has 1 amide bonds. The molecule has 3 heterocycles. The van der Waals surface area contributed by atoms with Gasteiger partial charge >= 0.3 is 0 Å². The molecule has 4 aromatic rings.